The molecular weight excluding hydrogens is 420 g/mol. The van der Waals surface area contributed by atoms with E-state index in [0.29, 0.717) is 49.1 Å². The van der Waals surface area contributed by atoms with Crippen LogP contribution >= 0.6 is 0 Å². The molecule has 5 heteroatoms. The summed E-state index contributed by atoms with van der Waals surface area (Å²) in [7, 11) is 0. The molecule has 0 radical (unpaired) electrons. The quantitative estimate of drug-likeness (QED) is 0.511. The Morgan fingerprint density at radius 1 is 1.18 bits per heavy atom. The van der Waals surface area contributed by atoms with Gasteiger partial charge in [-0.1, -0.05) is 43.7 Å². The second-order valence-electron chi connectivity index (χ2n) is 11.9. The fourth-order valence-corrected chi connectivity index (χ4v) is 7.59. The van der Waals surface area contributed by atoms with Crippen LogP contribution in [-0.4, -0.2) is 52.9 Å². The molecule has 3 nitrogen and oxygen atoms in total. The van der Waals surface area contributed by atoms with Crippen molar-refractivity contribution >= 4 is 0 Å². The number of hydrogen-bond acceptors (Lipinski definition) is 3. The number of hydrogen-bond donors (Lipinski definition) is 2. The minimum absolute atomic E-state index is 0.274. The Bertz CT molecular complexity index is 784. The molecule has 0 spiro atoms. The molecule has 3 aliphatic carbocycles. The number of alkyl halides is 2. The predicted molar refractivity (Wildman–Crippen MR) is 129 cm³/mol. The lowest BCUT2D eigenvalue weighted by atomic mass is 9.61. The summed E-state index contributed by atoms with van der Waals surface area (Å²) in [4.78, 5) is 2.28. The summed E-state index contributed by atoms with van der Waals surface area (Å²) in [5.74, 6) is -1.35. The average molecular weight is 464 g/mol. The first-order chi connectivity index (χ1) is 15.5. The van der Waals surface area contributed by atoms with Crippen LogP contribution in [0.1, 0.15) is 72.1 Å². The van der Waals surface area contributed by atoms with Crippen molar-refractivity contribution in [1.82, 2.24) is 4.90 Å². The van der Waals surface area contributed by atoms with Gasteiger partial charge in [-0.25, -0.2) is 8.78 Å². The van der Waals surface area contributed by atoms with Crippen molar-refractivity contribution in [3.8, 4) is 0 Å². The Labute approximate surface area is 198 Å². The van der Waals surface area contributed by atoms with E-state index in [1.54, 1.807) is 0 Å². The van der Waals surface area contributed by atoms with Crippen molar-refractivity contribution in [2.45, 2.75) is 90.3 Å². The molecule has 33 heavy (non-hydrogen) atoms. The largest absolute Gasteiger partial charge is 0.388 e. The number of aliphatic hydroxyl groups excluding tert-OH is 2. The standard InChI is InChI=1S/C28H43F2NO2/c1-18(16-31-13-11-22(17-31)28(4,29)30)23-9-10-24-21(6-5-12-27(23,24)3)8-7-20-14-25(32)19(2)26(33)15-20/h7-8,18,22-26,32-33H,2,5-6,9-17H2,1,3-4H3/b21-8+/t18?,22-,23-,24+,25-,26-,27-/m1/s1. The van der Waals surface area contributed by atoms with E-state index in [0.717, 1.165) is 32.0 Å². The smallest absolute Gasteiger partial charge is 0.249 e. The Morgan fingerprint density at radius 2 is 1.88 bits per heavy atom. The maximum Gasteiger partial charge on any atom is 0.249 e. The monoisotopic (exact) mass is 463 g/mol. The van der Waals surface area contributed by atoms with Crippen LogP contribution in [0, 0.1) is 29.1 Å². The van der Waals surface area contributed by atoms with Gasteiger partial charge in [-0.05, 0) is 93.6 Å². The zero-order valence-electron chi connectivity index (χ0n) is 20.7. The first-order valence-electron chi connectivity index (χ1n) is 13.0. The van der Waals surface area contributed by atoms with Crippen molar-refractivity contribution in [2.24, 2.45) is 29.1 Å². The van der Waals surface area contributed by atoms with Crippen LogP contribution < -0.4 is 0 Å². The number of aliphatic hydroxyl groups is 2. The molecule has 4 rings (SSSR count). The molecule has 186 valence electrons. The van der Waals surface area contributed by atoms with Gasteiger partial charge in [0.15, 0.2) is 0 Å². The number of fused-ring (bicyclic) bond motifs is 1. The first kappa shape index (κ1) is 25.1. The van der Waals surface area contributed by atoms with Gasteiger partial charge >= 0.3 is 0 Å². The van der Waals surface area contributed by atoms with Gasteiger partial charge in [0.2, 0.25) is 5.92 Å². The second kappa shape index (κ2) is 9.54. The van der Waals surface area contributed by atoms with Gasteiger partial charge in [0, 0.05) is 19.0 Å². The molecule has 3 saturated carbocycles. The highest BCUT2D eigenvalue weighted by Gasteiger charge is 2.51. The molecule has 7 atom stereocenters. The summed E-state index contributed by atoms with van der Waals surface area (Å²) >= 11 is 0. The summed E-state index contributed by atoms with van der Waals surface area (Å²) in [5, 5.41) is 20.3. The van der Waals surface area contributed by atoms with Crippen LogP contribution in [0.2, 0.25) is 0 Å². The van der Waals surface area contributed by atoms with Crippen molar-refractivity contribution in [2.75, 3.05) is 19.6 Å². The molecule has 1 heterocycles. The van der Waals surface area contributed by atoms with E-state index in [4.69, 9.17) is 0 Å². The molecule has 0 aromatic heterocycles. The topological polar surface area (TPSA) is 43.7 Å². The van der Waals surface area contributed by atoms with Crippen LogP contribution in [0.5, 0.6) is 0 Å². The van der Waals surface area contributed by atoms with Crippen molar-refractivity contribution < 1.29 is 19.0 Å². The van der Waals surface area contributed by atoms with Crippen molar-refractivity contribution in [1.29, 1.82) is 0 Å². The van der Waals surface area contributed by atoms with Gasteiger partial charge < -0.3 is 15.1 Å². The highest BCUT2D eigenvalue weighted by molar-refractivity contribution is 5.29. The van der Waals surface area contributed by atoms with Gasteiger partial charge in [0.05, 0.1) is 12.2 Å². The third-order valence-corrected chi connectivity index (χ3v) is 9.56. The van der Waals surface area contributed by atoms with E-state index in [-0.39, 0.29) is 5.41 Å². The lowest BCUT2D eigenvalue weighted by Crippen LogP contribution is -2.40. The van der Waals surface area contributed by atoms with Crippen LogP contribution in [0.3, 0.4) is 0 Å². The first-order valence-corrected chi connectivity index (χ1v) is 13.0. The van der Waals surface area contributed by atoms with Gasteiger partial charge in [0.25, 0.3) is 0 Å². The average Bonchev–Trinajstić information content (AvgIpc) is 3.34. The SMILES string of the molecule is C=C1[C@H](O)CC(=C/C=C2\CCC[C@]3(C)[C@@H](C(C)CN4CC[C@@H](C(C)(F)F)C4)CC[C@@H]23)C[C@H]1O. The summed E-state index contributed by atoms with van der Waals surface area (Å²) in [6.45, 7) is 12.0. The third-order valence-electron chi connectivity index (χ3n) is 9.56. The van der Waals surface area contributed by atoms with E-state index in [1.165, 1.54) is 31.3 Å². The Kier molecular flexibility index (Phi) is 7.25. The molecule has 0 aromatic rings. The van der Waals surface area contributed by atoms with E-state index in [2.05, 4.69) is 37.5 Å². The number of allylic oxidation sites excluding steroid dienone is 3. The molecule has 0 aromatic carbocycles. The molecular formula is C28H43F2NO2. The molecule has 0 bridgehead atoms. The Balaban J connectivity index is 1.42. The minimum Gasteiger partial charge on any atom is -0.388 e. The number of rotatable bonds is 5. The van der Waals surface area contributed by atoms with Crippen molar-refractivity contribution in [3.05, 3.63) is 35.5 Å². The number of nitrogens with zero attached hydrogens (tertiary/aromatic N) is 1. The number of likely N-dealkylation sites (tertiary alicyclic amines) is 1. The van der Waals surface area contributed by atoms with Gasteiger partial charge in [-0.15, -0.1) is 0 Å². The normalized spacial score (nSPS) is 40.3. The zero-order chi connectivity index (χ0) is 24.0. The third kappa shape index (κ3) is 5.16. The second-order valence-corrected chi connectivity index (χ2v) is 11.9. The lowest BCUT2D eigenvalue weighted by molar-refractivity contribution is -0.0360. The Hall–Kier alpha value is -1.04. The van der Waals surface area contributed by atoms with Crippen LogP contribution in [-0.2, 0) is 0 Å². The molecule has 1 saturated heterocycles. The van der Waals surface area contributed by atoms with E-state index >= 15 is 0 Å². The lowest BCUT2D eigenvalue weighted by Gasteiger charge is -2.45. The molecule has 1 unspecified atom stereocenters. The van der Waals surface area contributed by atoms with E-state index in [9.17, 15) is 19.0 Å². The summed E-state index contributed by atoms with van der Waals surface area (Å²) < 4.78 is 27.5. The van der Waals surface area contributed by atoms with Gasteiger partial charge in [-0.2, -0.15) is 0 Å². The highest BCUT2D eigenvalue weighted by atomic mass is 19.3. The molecule has 0 amide bonds. The molecule has 4 fully saturated rings. The number of halogens is 2. The zero-order valence-corrected chi connectivity index (χ0v) is 20.7. The fraction of sp³-hybridized carbons (Fsp3) is 0.786. The van der Waals surface area contributed by atoms with Gasteiger partial charge in [0.1, 0.15) is 0 Å². The predicted octanol–water partition coefficient (Wildman–Crippen LogP) is 5.74. The van der Waals surface area contributed by atoms with Crippen LogP contribution in [0.25, 0.3) is 0 Å². The van der Waals surface area contributed by atoms with Crippen LogP contribution in [0.4, 0.5) is 8.78 Å². The van der Waals surface area contributed by atoms with E-state index in [1.807, 2.05) is 0 Å². The molecule has 1 aliphatic heterocycles. The van der Waals surface area contributed by atoms with Gasteiger partial charge in [-0.3, -0.25) is 0 Å². The van der Waals surface area contributed by atoms with Crippen molar-refractivity contribution in [3.63, 3.8) is 0 Å². The summed E-state index contributed by atoms with van der Waals surface area (Å²) in [6.07, 6.45) is 10.9. The van der Waals surface area contributed by atoms with Crippen LogP contribution in [0.15, 0.2) is 35.5 Å². The maximum atomic E-state index is 13.8. The maximum absolute atomic E-state index is 13.8. The highest BCUT2D eigenvalue weighted by Crippen LogP contribution is 2.59. The molecule has 2 N–H and O–H groups in total. The molecule has 4 aliphatic rings. The summed E-state index contributed by atoms with van der Waals surface area (Å²) in [5.41, 5.74) is 3.42. The van der Waals surface area contributed by atoms with E-state index < -0.39 is 24.0 Å². The fourth-order valence-electron chi connectivity index (χ4n) is 7.59. The summed E-state index contributed by atoms with van der Waals surface area (Å²) in [6, 6.07) is 0. The Morgan fingerprint density at radius 3 is 2.52 bits per heavy atom. The minimum atomic E-state index is -2.57.